The van der Waals surface area contributed by atoms with Crippen molar-refractivity contribution in [2.75, 3.05) is 13.7 Å². The van der Waals surface area contributed by atoms with Crippen LogP contribution >= 0.6 is 0 Å². The van der Waals surface area contributed by atoms with Crippen molar-refractivity contribution in [3.05, 3.63) is 65.7 Å². The number of aliphatic hydroxyl groups excluding tert-OH is 1. The number of benzene rings is 2. The molecule has 2 heterocycles. The van der Waals surface area contributed by atoms with Gasteiger partial charge in [-0.25, -0.2) is 0 Å². The lowest BCUT2D eigenvalue weighted by Crippen LogP contribution is -2.61. The maximum atomic E-state index is 10.7. The Labute approximate surface area is 164 Å². The summed E-state index contributed by atoms with van der Waals surface area (Å²) in [5.41, 5.74) is 1.93. The van der Waals surface area contributed by atoms with Crippen LogP contribution < -0.4 is 4.74 Å². The van der Waals surface area contributed by atoms with E-state index < -0.39 is 24.6 Å². The van der Waals surface area contributed by atoms with Crippen LogP contribution in [-0.4, -0.2) is 49.3 Å². The van der Waals surface area contributed by atoms with Gasteiger partial charge in [0.15, 0.2) is 6.29 Å². The average molecular weight is 386 g/mol. The van der Waals surface area contributed by atoms with Crippen molar-refractivity contribution in [1.82, 2.24) is 0 Å². The van der Waals surface area contributed by atoms with E-state index in [2.05, 4.69) is 0 Å². The minimum absolute atomic E-state index is 0.284. The molecule has 4 rings (SSSR count). The number of rotatable bonds is 5. The smallest absolute Gasteiger partial charge is 0.184 e. The Morgan fingerprint density at radius 3 is 2.50 bits per heavy atom. The lowest BCUT2D eigenvalue weighted by Gasteiger charge is -2.47. The first-order chi connectivity index (χ1) is 13.7. The van der Waals surface area contributed by atoms with E-state index in [0.717, 1.165) is 16.9 Å². The molecule has 0 amide bonds. The molecule has 0 aliphatic carbocycles. The van der Waals surface area contributed by atoms with Gasteiger partial charge in [-0.05, 0) is 24.6 Å². The van der Waals surface area contributed by atoms with E-state index in [4.69, 9.17) is 23.7 Å². The minimum atomic E-state index is -0.778. The molecule has 0 spiro atoms. The van der Waals surface area contributed by atoms with Gasteiger partial charge in [-0.2, -0.15) is 0 Å². The lowest BCUT2D eigenvalue weighted by atomic mass is 9.94. The number of methoxy groups -OCH3 is 1. The summed E-state index contributed by atoms with van der Waals surface area (Å²) in [6, 6.07) is 17.4. The Morgan fingerprint density at radius 1 is 1.04 bits per heavy atom. The first-order valence-electron chi connectivity index (χ1n) is 9.56. The third-order valence-electron chi connectivity index (χ3n) is 5.26. The van der Waals surface area contributed by atoms with Crippen molar-refractivity contribution in [1.29, 1.82) is 0 Å². The van der Waals surface area contributed by atoms with Crippen molar-refractivity contribution in [2.24, 2.45) is 0 Å². The summed E-state index contributed by atoms with van der Waals surface area (Å²) in [4.78, 5) is 0. The molecule has 6 heteroatoms. The van der Waals surface area contributed by atoms with Gasteiger partial charge in [0.2, 0.25) is 0 Å². The fourth-order valence-electron chi connectivity index (χ4n) is 3.67. The van der Waals surface area contributed by atoms with Crippen LogP contribution in [0, 0.1) is 0 Å². The Kier molecular flexibility index (Phi) is 5.94. The Morgan fingerprint density at radius 2 is 1.79 bits per heavy atom. The van der Waals surface area contributed by atoms with Crippen LogP contribution in [0.5, 0.6) is 5.75 Å². The maximum absolute atomic E-state index is 10.7. The molecule has 0 aromatic heterocycles. The standard InChI is InChI=1S/C22H26O6/c1-14-19(23)21(25-12-15-6-4-3-5-7-15)20-18(27-14)13-26-22(28-20)16-8-10-17(24-2)11-9-16/h3-11,14,18-23H,12-13H2,1-2H3/t14-,18?,19?,20-,21+,22?/m1/s1. The van der Waals surface area contributed by atoms with Gasteiger partial charge in [-0.3, -0.25) is 0 Å². The van der Waals surface area contributed by atoms with E-state index in [1.807, 2.05) is 61.5 Å². The van der Waals surface area contributed by atoms with Gasteiger partial charge in [0.05, 0.1) is 26.4 Å². The molecule has 0 saturated carbocycles. The fraction of sp³-hybridized carbons (Fsp3) is 0.455. The van der Waals surface area contributed by atoms with Crippen LogP contribution in [0.3, 0.4) is 0 Å². The summed E-state index contributed by atoms with van der Waals surface area (Å²) in [7, 11) is 1.63. The Balaban J connectivity index is 1.49. The number of aliphatic hydroxyl groups is 1. The number of ether oxygens (including phenoxy) is 5. The number of hydrogen-bond acceptors (Lipinski definition) is 6. The van der Waals surface area contributed by atoms with Gasteiger partial charge in [-0.15, -0.1) is 0 Å². The minimum Gasteiger partial charge on any atom is -0.497 e. The molecule has 2 aliphatic heterocycles. The predicted octanol–water partition coefficient (Wildman–Crippen LogP) is 2.84. The van der Waals surface area contributed by atoms with Crippen LogP contribution in [0.4, 0.5) is 0 Å². The summed E-state index contributed by atoms with van der Waals surface area (Å²) in [6.07, 6.45) is -2.88. The van der Waals surface area contributed by atoms with Crippen molar-refractivity contribution >= 4 is 0 Å². The molecule has 2 saturated heterocycles. The summed E-state index contributed by atoms with van der Waals surface area (Å²) >= 11 is 0. The van der Waals surface area contributed by atoms with E-state index >= 15 is 0 Å². The van der Waals surface area contributed by atoms with Gasteiger partial charge in [0.25, 0.3) is 0 Å². The summed E-state index contributed by atoms with van der Waals surface area (Å²) in [6.45, 7) is 2.62. The predicted molar refractivity (Wildman–Crippen MR) is 102 cm³/mol. The van der Waals surface area contributed by atoms with Crippen molar-refractivity contribution in [2.45, 2.75) is 50.3 Å². The zero-order valence-corrected chi connectivity index (χ0v) is 16.1. The first-order valence-corrected chi connectivity index (χ1v) is 9.56. The van der Waals surface area contributed by atoms with E-state index in [0.29, 0.717) is 13.2 Å². The molecule has 3 unspecified atom stereocenters. The first kappa shape index (κ1) is 19.4. The van der Waals surface area contributed by atoms with Crippen LogP contribution in [0.25, 0.3) is 0 Å². The molecular weight excluding hydrogens is 360 g/mol. The molecule has 2 aromatic rings. The molecule has 28 heavy (non-hydrogen) atoms. The van der Waals surface area contributed by atoms with Crippen molar-refractivity contribution in [3.8, 4) is 5.75 Å². The molecule has 0 radical (unpaired) electrons. The van der Waals surface area contributed by atoms with E-state index in [-0.39, 0.29) is 12.2 Å². The van der Waals surface area contributed by atoms with E-state index in [1.54, 1.807) is 7.11 Å². The molecule has 6 nitrogen and oxygen atoms in total. The fourth-order valence-corrected chi connectivity index (χ4v) is 3.67. The van der Waals surface area contributed by atoms with Gasteiger partial charge < -0.3 is 28.8 Å². The van der Waals surface area contributed by atoms with Gasteiger partial charge in [0.1, 0.15) is 30.2 Å². The molecule has 1 N–H and O–H groups in total. The second-order valence-corrected chi connectivity index (χ2v) is 7.17. The monoisotopic (exact) mass is 386 g/mol. The third-order valence-corrected chi connectivity index (χ3v) is 5.26. The highest BCUT2D eigenvalue weighted by molar-refractivity contribution is 5.28. The largest absolute Gasteiger partial charge is 0.497 e. The second-order valence-electron chi connectivity index (χ2n) is 7.17. The SMILES string of the molecule is COc1ccc(C2OCC3O[C@H](C)C(O)[C@H](OCc4ccccc4)[C@@H]3O2)cc1. The van der Waals surface area contributed by atoms with Crippen LogP contribution in [0.1, 0.15) is 24.3 Å². The Hall–Kier alpha value is -1.96. The van der Waals surface area contributed by atoms with Crippen LogP contribution in [0.15, 0.2) is 54.6 Å². The second kappa shape index (κ2) is 8.59. The topological polar surface area (TPSA) is 66.4 Å². The molecule has 2 aromatic carbocycles. The average Bonchev–Trinajstić information content (AvgIpc) is 2.75. The van der Waals surface area contributed by atoms with Crippen LogP contribution in [-0.2, 0) is 25.6 Å². The lowest BCUT2D eigenvalue weighted by molar-refractivity contribution is -0.333. The number of fused-ring (bicyclic) bond motifs is 1. The molecule has 6 atom stereocenters. The molecule has 2 fully saturated rings. The molecule has 0 bridgehead atoms. The quantitative estimate of drug-likeness (QED) is 0.852. The zero-order valence-electron chi connectivity index (χ0n) is 16.1. The normalized spacial score (nSPS) is 32.5. The van der Waals surface area contributed by atoms with Gasteiger partial charge in [-0.1, -0.05) is 42.5 Å². The third kappa shape index (κ3) is 4.06. The van der Waals surface area contributed by atoms with Crippen molar-refractivity contribution < 1.29 is 28.8 Å². The Bertz CT molecular complexity index is 749. The van der Waals surface area contributed by atoms with Gasteiger partial charge in [0, 0.05) is 5.56 Å². The highest BCUT2D eigenvalue weighted by atomic mass is 16.7. The van der Waals surface area contributed by atoms with Crippen molar-refractivity contribution in [3.63, 3.8) is 0 Å². The van der Waals surface area contributed by atoms with E-state index in [1.165, 1.54) is 0 Å². The maximum Gasteiger partial charge on any atom is 0.184 e. The summed E-state index contributed by atoms with van der Waals surface area (Å²) in [5, 5.41) is 10.7. The van der Waals surface area contributed by atoms with Crippen LogP contribution in [0.2, 0.25) is 0 Å². The highest BCUT2D eigenvalue weighted by Gasteiger charge is 2.48. The van der Waals surface area contributed by atoms with E-state index in [9.17, 15) is 5.11 Å². The van der Waals surface area contributed by atoms with Gasteiger partial charge >= 0.3 is 0 Å². The zero-order chi connectivity index (χ0) is 19.5. The molecule has 150 valence electrons. The highest BCUT2D eigenvalue weighted by Crippen LogP contribution is 2.35. The molecule has 2 aliphatic rings. The summed E-state index contributed by atoms with van der Waals surface area (Å²) < 4.78 is 29.3. The summed E-state index contributed by atoms with van der Waals surface area (Å²) in [5.74, 6) is 0.770. The number of hydrogen-bond donors (Lipinski definition) is 1. The molecular formula is C22H26O6.